The first kappa shape index (κ1) is 15.2. The van der Waals surface area contributed by atoms with E-state index in [0.717, 1.165) is 28.8 Å². The summed E-state index contributed by atoms with van der Waals surface area (Å²) in [6.07, 6.45) is 1.17. The lowest BCUT2D eigenvalue weighted by Gasteiger charge is -2.29. The van der Waals surface area contributed by atoms with E-state index in [1.165, 1.54) is 23.5 Å². The van der Waals surface area contributed by atoms with Crippen molar-refractivity contribution in [2.75, 3.05) is 13.1 Å². The van der Waals surface area contributed by atoms with Gasteiger partial charge < -0.3 is 10.0 Å². The topological polar surface area (TPSA) is 40.5 Å². The van der Waals surface area contributed by atoms with Crippen molar-refractivity contribution in [3.8, 4) is 11.1 Å². The van der Waals surface area contributed by atoms with Crippen molar-refractivity contribution in [3.63, 3.8) is 0 Å². The fraction of sp³-hybridized carbons (Fsp3) is 0.353. The van der Waals surface area contributed by atoms with Gasteiger partial charge in [0.25, 0.3) is 5.91 Å². The molecule has 0 saturated carbocycles. The number of nitrogens with zero attached hydrogens (tertiary/aromatic N) is 1. The van der Waals surface area contributed by atoms with Crippen LogP contribution in [-0.2, 0) is 0 Å². The number of β-amino-alcohol motifs (C(OH)–C–C–N with tert-alkyl or cyclic N) is 1. The van der Waals surface area contributed by atoms with Gasteiger partial charge in [-0.05, 0) is 49.1 Å². The lowest BCUT2D eigenvalue weighted by Crippen LogP contribution is -2.41. The summed E-state index contributed by atoms with van der Waals surface area (Å²) < 4.78 is 13.0. The van der Waals surface area contributed by atoms with Gasteiger partial charge in [0.05, 0.1) is 11.0 Å². The molecule has 1 unspecified atom stereocenters. The van der Waals surface area contributed by atoms with Gasteiger partial charge in [0.2, 0.25) is 0 Å². The van der Waals surface area contributed by atoms with Crippen molar-refractivity contribution in [2.45, 2.75) is 25.9 Å². The molecule has 2 heterocycles. The summed E-state index contributed by atoms with van der Waals surface area (Å²) in [6.45, 7) is 3.06. The highest BCUT2D eigenvalue weighted by molar-refractivity contribution is 7.14. The third-order valence-electron chi connectivity index (χ3n) is 3.97. The average molecular weight is 319 g/mol. The van der Waals surface area contributed by atoms with Crippen molar-refractivity contribution in [1.29, 1.82) is 0 Å². The predicted molar refractivity (Wildman–Crippen MR) is 85.6 cm³/mol. The van der Waals surface area contributed by atoms with Crippen LogP contribution in [0.5, 0.6) is 0 Å². The number of amides is 1. The molecule has 3 rings (SSSR count). The lowest BCUT2D eigenvalue weighted by molar-refractivity contribution is 0.0478. The van der Waals surface area contributed by atoms with E-state index in [4.69, 9.17) is 0 Å². The van der Waals surface area contributed by atoms with Crippen LogP contribution < -0.4 is 0 Å². The fourth-order valence-corrected chi connectivity index (χ4v) is 3.81. The summed E-state index contributed by atoms with van der Waals surface area (Å²) in [5.41, 5.74) is 1.87. The lowest BCUT2D eigenvalue weighted by atomic mass is 10.1. The van der Waals surface area contributed by atoms with E-state index >= 15 is 0 Å². The Morgan fingerprint density at radius 3 is 2.77 bits per heavy atom. The van der Waals surface area contributed by atoms with E-state index < -0.39 is 6.10 Å². The van der Waals surface area contributed by atoms with Crippen LogP contribution in [0.1, 0.15) is 27.4 Å². The van der Waals surface area contributed by atoms with E-state index in [1.807, 2.05) is 13.0 Å². The second-order valence-electron chi connectivity index (χ2n) is 5.63. The number of halogens is 1. The van der Waals surface area contributed by atoms with Crippen molar-refractivity contribution >= 4 is 17.2 Å². The Morgan fingerprint density at radius 1 is 1.36 bits per heavy atom. The Balaban J connectivity index is 1.85. The third kappa shape index (κ3) is 3.05. The number of aliphatic hydroxyl groups is 1. The molecule has 1 aliphatic heterocycles. The molecule has 1 fully saturated rings. The number of rotatable bonds is 2. The second-order valence-corrected chi connectivity index (χ2v) is 6.89. The van der Waals surface area contributed by atoms with Crippen LogP contribution in [0.25, 0.3) is 11.1 Å². The minimum absolute atomic E-state index is 0.0276. The monoisotopic (exact) mass is 319 g/mol. The predicted octanol–water partition coefficient (Wildman–Crippen LogP) is 3.46. The molecule has 22 heavy (non-hydrogen) atoms. The van der Waals surface area contributed by atoms with Gasteiger partial charge in [-0.2, -0.15) is 0 Å². The van der Waals surface area contributed by atoms with Crippen LogP contribution in [0.3, 0.4) is 0 Å². The average Bonchev–Trinajstić information content (AvgIpc) is 2.89. The van der Waals surface area contributed by atoms with E-state index in [1.54, 1.807) is 17.0 Å². The van der Waals surface area contributed by atoms with Crippen LogP contribution >= 0.6 is 11.3 Å². The number of aryl methyl sites for hydroxylation is 1. The number of carbonyl (C=O) groups is 1. The molecule has 3 nitrogen and oxygen atoms in total. The van der Waals surface area contributed by atoms with Gasteiger partial charge in [-0.3, -0.25) is 4.79 Å². The molecular weight excluding hydrogens is 301 g/mol. The van der Waals surface area contributed by atoms with Gasteiger partial charge in [0, 0.05) is 18.0 Å². The van der Waals surface area contributed by atoms with Crippen molar-refractivity contribution < 1.29 is 14.3 Å². The summed E-state index contributed by atoms with van der Waals surface area (Å²) >= 11 is 1.45. The van der Waals surface area contributed by atoms with Gasteiger partial charge in [0.15, 0.2) is 0 Å². The van der Waals surface area contributed by atoms with Crippen LogP contribution in [0.4, 0.5) is 4.39 Å². The third-order valence-corrected chi connectivity index (χ3v) is 5.01. The zero-order valence-corrected chi connectivity index (χ0v) is 13.2. The molecule has 1 aromatic heterocycles. The number of thiophene rings is 1. The summed E-state index contributed by atoms with van der Waals surface area (Å²) in [5.74, 6) is -0.296. The fourth-order valence-electron chi connectivity index (χ4n) is 2.80. The molecule has 1 aliphatic rings. The Kier molecular flexibility index (Phi) is 4.27. The molecular formula is C17H18FNO2S. The Hall–Kier alpha value is -1.72. The first-order chi connectivity index (χ1) is 10.5. The molecule has 2 aromatic rings. The van der Waals surface area contributed by atoms with Crippen molar-refractivity contribution in [2.24, 2.45) is 0 Å². The standard InChI is InChI=1S/C17H18FNO2S/c1-11-15(12-4-6-13(18)7-5-12)9-16(22-11)17(21)19-8-2-3-14(20)10-19/h4-7,9,14,20H,2-3,8,10H2,1H3. The van der Waals surface area contributed by atoms with Crippen LogP contribution in [-0.4, -0.2) is 35.1 Å². The van der Waals surface area contributed by atoms with E-state index in [-0.39, 0.29) is 11.7 Å². The van der Waals surface area contributed by atoms with Crippen LogP contribution in [0.2, 0.25) is 0 Å². The van der Waals surface area contributed by atoms with Crippen molar-refractivity contribution in [1.82, 2.24) is 4.90 Å². The zero-order valence-electron chi connectivity index (χ0n) is 12.4. The molecule has 1 saturated heterocycles. The molecule has 1 atom stereocenters. The highest BCUT2D eigenvalue weighted by atomic mass is 32.1. The van der Waals surface area contributed by atoms with Gasteiger partial charge >= 0.3 is 0 Å². The molecule has 116 valence electrons. The molecule has 1 N–H and O–H groups in total. The molecule has 0 bridgehead atoms. The highest BCUT2D eigenvalue weighted by Gasteiger charge is 2.24. The van der Waals surface area contributed by atoms with E-state index in [0.29, 0.717) is 18.0 Å². The van der Waals surface area contributed by atoms with Gasteiger partial charge in [-0.15, -0.1) is 11.3 Å². The minimum Gasteiger partial charge on any atom is -0.391 e. The molecule has 0 spiro atoms. The maximum absolute atomic E-state index is 13.0. The maximum atomic E-state index is 13.0. The largest absolute Gasteiger partial charge is 0.391 e. The Labute approximate surface area is 133 Å². The Morgan fingerprint density at radius 2 is 2.09 bits per heavy atom. The molecule has 1 amide bonds. The van der Waals surface area contributed by atoms with E-state index in [2.05, 4.69) is 0 Å². The van der Waals surface area contributed by atoms with Crippen molar-refractivity contribution in [3.05, 3.63) is 45.9 Å². The minimum atomic E-state index is -0.421. The summed E-state index contributed by atoms with van der Waals surface area (Å²) in [7, 11) is 0. The number of aliphatic hydroxyl groups excluding tert-OH is 1. The number of likely N-dealkylation sites (tertiary alicyclic amines) is 1. The summed E-state index contributed by atoms with van der Waals surface area (Å²) in [6, 6.07) is 8.17. The quantitative estimate of drug-likeness (QED) is 0.921. The first-order valence-corrected chi connectivity index (χ1v) is 8.20. The summed E-state index contributed by atoms with van der Waals surface area (Å²) in [5, 5.41) is 9.71. The maximum Gasteiger partial charge on any atom is 0.264 e. The first-order valence-electron chi connectivity index (χ1n) is 7.38. The van der Waals surface area contributed by atoms with Gasteiger partial charge in [-0.25, -0.2) is 4.39 Å². The molecule has 1 aromatic carbocycles. The SMILES string of the molecule is Cc1sc(C(=O)N2CCCC(O)C2)cc1-c1ccc(F)cc1. The number of benzene rings is 1. The smallest absolute Gasteiger partial charge is 0.264 e. The Bertz CT molecular complexity index is 680. The number of carbonyl (C=O) groups excluding carboxylic acids is 1. The number of hydrogen-bond donors (Lipinski definition) is 1. The highest BCUT2D eigenvalue weighted by Crippen LogP contribution is 2.32. The van der Waals surface area contributed by atoms with Crippen LogP contribution in [0.15, 0.2) is 30.3 Å². The summed E-state index contributed by atoms with van der Waals surface area (Å²) in [4.78, 5) is 16.0. The number of piperidine rings is 1. The number of hydrogen-bond acceptors (Lipinski definition) is 3. The normalized spacial score (nSPS) is 18.5. The molecule has 0 radical (unpaired) electrons. The van der Waals surface area contributed by atoms with Crippen LogP contribution in [0, 0.1) is 12.7 Å². The van der Waals surface area contributed by atoms with Gasteiger partial charge in [-0.1, -0.05) is 12.1 Å². The van der Waals surface area contributed by atoms with E-state index in [9.17, 15) is 14.3 Å². The molecule has 5 heteroatoms. The zero-order chi connectivity index (χ0) is 15.7. The van der Waals surface area contributed by atoms with Gasteiger partial charge in [0.1, 0.15) is 5.82 Å². The second kappa shape index (κ2) is 6.18. The molecule has 0 aliphatic carbocycles.